The van der Waals surface area contributed by atoms with Crippen molar-refractivity contribution < 1.29 is 5.11 Å². The lowest BCUT2D eigenvalue weighted by Gasteiger charge is -2.13. The fraction of sp³-hybridized carbons (Fsp3) is 0.300. The Hall–Kier alpha value is -1.95. The average molecular weight is 221 g/mol. The number of pyridine rings is 1. The molecule has 0 aromatic carbocycles. The van der Waals surface area contributed by atoms with Crippen LogP contribution in [0.3, 0.4) is 0 Å². The molecule has 2 N–H and O–H groups in total. The summed E-state index contributed by atoms with van der Waals surface area (Å²) in [5.41, 5.74) is 0.0957. The van der Waals surface area contributed by atoms with Crippen molar-refractivity contribution >= 4 is 0 Å². The largest absolute Gasteiger partial charge is 0.395 e. The van der Waals surface area contributed by atoms with Gasteiger partial charge in [-0.3, -0.25) is 9.78 Å². The first-order valence-corrected chi connectivity index (χ1v) is 4.84. The molecule has 0 saturated carbocycles. The second-order valence-electron chi connectivity index (χ2n) is 3.54. The average Bonchev–Trinajstić information content (AvgIpc) is 2.20. The zero-order valence-electron chi connectivity index (χ0n) is 8.73. The molecule has 2 aliphatic heterocycles. The number of aryl methyl sites for hydroxylation is 1. The van der Waals surface area contributed by atoms with E-state index in [2.05, 4.69) is 9.97 Å². The number of hydrogen-bond acceptors (Lipinski definition) is 4. The summed E-state index contributed by atoms with van der Waals surface area (Å²) in [4.78, 5) is 28.5. The maximum atomic E-state index is 11.5. The summed E-state index contributed by atoms with van der Waals surface area (Å²) < 4.78 is 1.60. The van der Waals surface area contributed by atoms with Gasteiger partial charge in [0.2, 0.25) is 0 Å². The summed E-state index contributed by atoms with van der Waals surface area (Å²) in [5, 5.41) is 8.90. The third-order valence-electron chi connectivity index (χ3n) is 2.26. The van der Waals surface area contributed by atoms with Crippen molar-refractivity contribution in [1.82, 2.24) is 14.5 Å². The van der Waals surface area contributed by atoms with Crippen LogP contribution in [0.15, 0.2) is 21.9 Å². The third-order valence-corrected chi connectivity index (χ3v) is 2.26. The standard InChI is InChI=1S/C10H11N3O3/c1-6-4-7-8(13(5-6)2-3-14)11-10(16)12-9(7)15/h4-5,14H,2-3H2,1H3,(H,12,15,16). The van der Waals surface area contributed by atoms with Crippen LogP contribution in [0, 0.1) is 6.92 Å². The van der Waals surface area contributed by atoms with E-state index < -0.39 is 11.2 Å². The van der Waals surface area contributed by atoms with E-state index >= 15 is 0 Å². The van der Waals surface area contributed by atoms with Crippen LogP contribution in [-0.2, 0) is 6.54 Å². The highest BCUT2D eigenvalue weighted by molar-refractivity contribution is 5.55. The maximum absolute atomic E-state index is 11.5. The molecule has 0 fully saturated rings. The Kier molecular flexibility index (Phi) is 2.57. The molecule has 0 saturated heterocycles. The predicted octanol–water partition coefficient (Wildman–Crippen LogP) is -0.663. The van der Waals surface area contributed by atoms with Crippen molar-refractivity contribution in [3.05, 3.63) is 38.7 Å². The Balaban J connectivity index is 2.82. The highest BCUT2D eigenvalue weighted by atomic mass is 16.3. The molecule has 0 amide bonds. The van der Waals surface area contributed by atoms with Gasteiger partial charge >= 0.3 is 5.69 Å². The normalized spacial score (nSPS) is 10.9. The first-order valence-electron chi connectivity index (χ1n) is 4.84. The molecule has 0 unspecified atom stereocenters. The van der Waals surface area contributed by atoms with E-state index in [-0.39, 0.29) is 6.61 Å². The number of rotatable bonds is 2. The number of nitrogens with one attached hydrogen (secondary N) is 1. The van der Waals surface area contributed by atoms with Crippen LogP contribution in [0.2, 0.25) is 0 Å². The highest BCUT2D eigenvalue weighted by Gasteiger charge is 2.13. The van der Waals surface area contributed by atoms with Crippen LogP contribution in [0.1, 0.15) is 5.56 Å². The first-order chi connectivity index (χ1) is 7.61. The van der Waals surface area contributed by atoms with Crippen molar-refractivity contribution in [3.8, 4) is 11.4 Å². The molecule has 6 heteroatoms. The van der Waals surface area contributed by atoms with Crippen LogP contribution in [0.25, 0.3) is 11.4 Å². The summed E-state index contributed by atoms with van der Waals surface area (Å²) in [6.07, 6.45) is 1.74. The van der Waals surface area contributed by atoms with Gasteiger partial charge in [0.15, 0.2) is 5.82 Å². The molecule has 0 spiro atoms. The van der Waals surface area contributed by atoms with Gasteiger partial charge in [-0.25, -0.2) is 4.79 Å². The lowest BCUT2D eigenvalue weighted by molar-refractivity contribution is 0.276. The van der Waals surface area contributed by atoms with E-state index in [4.69, 9.17) is 5.11 Å². The summed E-state index contributed by atoms with van der Waals surface area (Å²) in [6, 6.07) is 1.66. The molecule has 0 atom stereocenters. The van der Waals surface area contributed by atoms with Gasteiger partial charge in [0.1, 0.15) is 0 Å². The Morgan fingerprint density at radius 1 is 1.50 bits per heavy atom. The lowest BCUT2D eigenvalue weighted by atomic mass is 10.2. The number of aromatic amines is 1. The van der Waals surface area contributed by atoms with E-state index in [9.17, 15) is 9.59 Å². The quantitative estimate of drug-likeness (QED) is 0.704. The maximum Gasteiger partial charge on any atom is 0.349 e. The fourth-order valence-corrected chi connectivity index (χ4v) is 1.65. The molecule has 16 heavy (non-hydrogen) atoms. The number of aliphatic hydroxyl groups is 1. The summed E-state index contributed by atoms with van der Waals surface area (Å²) in [7, 11) is 0. The van der Waals surface area contributed by atoms with Gasteiger partial charge in [-0.1, -0.05) is 0 Å². The molecule has 2 aliphatic rings. The molecule has 0 aromatic rings. The van der Waals surface area contributed by atoms with Gasteiger partial charge in [-0.2, -0.15) is 4.98 Å². The van der Waals surface area contributed by atoms with Crippen molar-refractivity contribution in [1.29, 1.82) is 0 Å². The number of aliphatic hydroxyl groups excluding tert-OH is 1. The fourth-order valence-electron chi connectivity index (χ4n) is 1.65. The second-order valence-corrected chi connectivity index (χ2v) is 3.54. The molecule has 6 nitrogen and oxygen atoms in total. The van der Waals surface area contributed by atoms with Gasteiger partial charge in [0.25, 0.3) is 5.56 Å². The predicted molar refractivity (Wildman–Crippen MR) is 57.6 cm³/mol. The monoisotopic (exact) mass is 221 g/mol. The van der Waals surface area contributed by atoms with Crippen LogP contribution in [-0.4, -0.2) is 26.2 Å². The number of hydrogen-bond donors (Lipinski definition) is 2. The molecule has 0 aromatic heterocycles. The van der Waals surface area contributed by atoms with E-state index in [1.807, 2.05) is 6.92 Å². The van der Waals surface area contributed by atoms with Crippen molar-refractivity contribution in [3.63, 3.8) is 0 Å². The number of H-pyrrole nitrogens is 1. The minimum atomic E-state index is -0.673. The Morgan fingerprint density at radius 2 is 2.25 bits per heavy atom. The molecule has 0 radical (unpaired) electrons. The molecular weight excluding hydrogens is 210 g/mol. The Bertz CT molecular complexity index is 599. The van der Waals surface area contributed by atoms with E-state index in [1.165, 1.54) is 0 Å². The minimum absolute atomic E-state index is 0.0775. The minimum Gasteiger partial charge on any atom is -0.395 e. The number of nitrogens with zero attached hydrogens (tertiary/aromatic N) is 2. The van der Waals surface area contributed by atoms with Crippen LogP contribution in [0.5, 0.6) is 0 Å². The third kappa shape index (κ3) is 1.74. The zero-order chi connectivity index (χ0) is 11.7. The molecule has 2 rings (SSSR count). The van der Waals surface area contributed by atoms with Crippen molar-refractivity contribution in [2.75, 3.05) is 6.61 Å². The lowest BCUT2D eigenvalue weighted by Crippen LogP contribution is -2.28. The van der Waals surface area contributed by atoms with Gasteiger partial charge in [-0.05, 0) is 18.6 Å². The van der Waals surface area contributed by atoms with Gasteiger partial charge < -0.3 is 9.67 Å². The molecule has 2 heterocycles. The van der Waals surface area contributed by atoms with E-state index in [1.54, 1.807) is 16.8 Å². The molecular formula is C10H11N3O3. The molecule has 0 aliphatic carbocycles. The van der Waals surface area contributed by atoms with Crippen LogP contribution >= 0.6 is 0 Å². The van der Waals surface area contributed by atoms with E-state index in [0.717, 1.165) is 5.56 Å². The summed E-state index contributed by atoms with van der Waals surface area (Å²) in [6.45, 7) is 2.05. The molecule has 0 bridgehead atoms. The molecule has 84 valence electrons. The second kappa shape index (κ2) is 3.90. The van der Waals surface area contributed by atoms with Crippen LogP contribution < -0.4 is 11.2 Å². The van der Waals surface area contributed by atoms with Gasteiger partial charge in [-0.15, -0.1) is 0 Å². The van der Waals surface area contributed by atoms with Crippen LogP contribution in [0.4, 0.5) is 0 Å². The first kappa shape index (κ1) is 10.6. The Morgan fingerprint density at radius 3 is 2.94 bits per heavy atom. The van der Waals surface area contributed by atoms with Crippen molar-refractivity contribution in [2.45, 2.75) is 13.5 Å². The smallest absolute Gasteiger partial charge is 0.349 e. The van der Waals surface area contributed by atoms with Gasteiger partial charge in [0.05, 0.1) is 12.2 Å². The summed E-state index contributed by atoms with van der Waals surface area (Å²) in [5.74, 6) is 0.299. The van der Waals surface area contributed by atoms with Gasteiger partial charge in [0, 0.05) is 12.7 Å². The summed E-state index contributed by atoms with van der Waals surface area (Å²) >= 11 is 0. The zero-order valence-corrected chi connectivity index (χ0v) is 8.73. The van der Waals surface area contributed by atoms with Crippen molar-refractivity contribution in [2.24, 2.45) is 0 Å². The topological polar surface area (TPSA) is 88.0 Å². The number of fused-ring (bicyclic) bond motifs is 1. The number of aromatic nitrogens is 3. The Labute approximate surface area is 90.5 Å². The highest BCUT2D eigenvalue weighted by Crippen LogP contribution is 2.14. The SMILES string of the molecule is Cc1cc2c(=O)[nH]c(=O)nc-2n(CCO)c1. The van der Waals surface area contributed by atoms with E-state index in [0.29, 0.717) is 17.9 Å².